The van der Waals surface area contributed by atoms with Gasteiger partial charge in [0.1, 0.15) is 4.88 Å². The fourth-order valence-corrected chi connectivity index (χ4v) is 2.62. The molecule has 2 rings (SSSR count). The van der Waals surface area contributed by atoms with Gasteiger partial charge in [0, 0.05) is 4.70 Å². The molecule has 0 saturated carbocycles. The van der Waals surface area contributed by atoms with E-state index in [-0.39, 0.29) is 5.97 Å². The van der Waals surface area contributed by atoms with Crippen molar-refractivity contribution in [3.63, 3.8) is 0 Å². The van der Waals surface area contributed by atoms with Crippen LogP contribution >= 0.6 is 11.3 Å². The first-order valence-corrected chi connectivity index (χ1v) is 6.22. The van der Waals surface area contributed by atoms with Crippen molar-refractivity contribution in [1.29, 1.82) is 0 Å². The van der Waals surface area contributed by atoms with Crippen molar-refractivity contribution in [1.82, 2.24) is 0 Å². The number of rotatable bonds is 2. The van der Waals surface area contributed by atoms with Gasteiger partial charge in [0.25, 0.3) is 0 Å². The van der Waals surface area contributed by atoms with E-state index >= 15 is 0 Å². The normalized spacial score (nSPS) is 11.8. The van der Waals surface area contributed by atoms with E-state index in [0.717, 1.165) is 10.1 Å². The van der Waals surface area contributed by atoms with Crippen molar-refractivity contribution >= 4 is 33.0 Å². The summed E-state index contributed by atoms with van der Waals surface area (Å²) in [6.45, 7) is 4.10. The van der Waals surface area contributed by atoms with Crippen molar-refractivity contribution in [2.45, 2.75) is 13.8 Å². The van der Waals surface area contributed by atoms with Gasteiger partial charge in [-0.3, -0.25) is 0 Å². The van der Waals surface area contributed by atoms with Crippen LogP contribution in [0, 0.1) is 0 Å². The molecule has 2 nitrogen and oxygen atoms in total. The maximum absolute atomic E-state index is 11.4. The second-order valence-electron chi connectivity index (χ2n) is 3.83. The standard InChI is InChI=1S/C14H14O2S/c1-4-9(2)10-5-6-12-11(7-10)8-13(17-12)14(15)16-3/h4-8H,1-3H3/b9-4-. The number of hydrogen-bond donors (Lipinski definition) is 0. The Labute approximate surface area is 105 Å². The number of esters is 1. The molecule has 0 amide bonds. The predicted octanol–water partition coefficient (Wildman–Crippen LogP) is 4.11. The zero-order valence-corrected chi connectivity index (χ0v) is 10.9. The van der Waals surface area contributed by atoms with Crippen LogP contribution in [0.25, 0.3) is 15.7 Å². The smallest absolute Gasteiger partial charge is 0.348 e. The highest BCUT2D eigenvalue weighted by atomic mass is 32.1. The molecule has 1 heterocycles. The van der Waals surface area contributed by atoms with Crippen LogP contribution in [0.3, 0.4) is 0 Å². The van der Waals surface area contributed by atoms with E-state index in [0.29, 0.717) is 4.88 Å². The van der Waals surface area contributed by atoms with Crippen LogP contribution in [0.4, 0.5) is 0 Å². The van der Waals surface area contributed by atoms with Gasteiger partial charge in [0.05, 0.1) is 7.11 Å². The minimum atomic E-state index is -0.268. The first-order valence-electron chi connectivity index (χ1n) is 5.41. The second kappa shape index (κ2) is 4.72. The Hall–Kier alpha value is -1.61. The number of thiophene rings is 1. The van der Waals surface area contributed by atoms with E-state index in [4.69, 9.17) is 4.74 Å². The molecular formula is C14H14O2S. The summed E-state index contributed by atoms with van der Waals surface area (Å²) >= 11 is 1.46. The summed E-state index contributed by atoms with van der Waals surface area (Å²) in [5.41, 5.74) is 2.42. The monoisotopic (exact) mass is 246 g/mol. The summed E-state index contributed by atoms with van der Waals surface area (Å²) in [6.07, 6.45) is 2.08. The largest absolute Gasteiger partial charge is 0.465 e. The highest BCUT2D eigenvalue weighted by Gasteiger charge is 2.10. The summed E-state index contributed by atoms with van der Waals surface area (Å²) in [5, 5.41) is 1.09. The van der Waals surface area contributed by atoms with Gasteiger partial charge in [-0.05, 0) is 48.6 Å². The molecule has 17 heavy (non-hydrogen) atoms. The summed E-state index contributed by atoms with van der Waals surface area (Å²) in [4.78, 5) is 12.1. The van der Waals surface area contributed by atoms with Gasteiger partial charge in [-0.2, -0.15) is 0 Å². The Morgan fingerprint density at radius 1 is 1.35 bits per heavy atom. The molecule has 0 unspecified atom stereocenters. The number of ether oxygens (including phenoxy) is 1. The molecule has 2 aromatic rings. The first kappa shape index (κ1) is 11.9. The van der Waals surface area contributed by atoms with Crippen molar-refractivity contribution in [3.8, 4) is 0 Å². The Morgan fingerprint density at radius 2 is 2.12 bits per heavy atom. The van der Waals surface area contributed by atoms with E-state index in [1.54, 1.807) is 0 Å². The fraction of sp³-hybridized carbons (Fsp3) is 0.214. The first-order chi connectivity index (χ1) is 8.15. The Balaban J connectivity index is 2.51. The lowest BCUT2D eigenvalue weighted by atomic mass is 10.1. The molecule has 0 aliphatic heterocycles. The fourth-order valence-electron chi connectivity index (χ4n) is 1.66. The van der Waals surface area contributed by atoms with Gasteiger partial charge >= 0.3 is 5.97 Å². The number of fused-ring (bicyclic) bond motifs is 1. The Bertz CT molecular complexity index is 593. The molecule has 0 saturated heterocycles. The molecule has 1 aromatic heterocycles. The van der Waals surface area contributed by atoms with Crippen molar-refractivity contribution < 1.29 is 9.53 Å². The number of hydrogen-bond acceptors (Lipinski definition) is 3. The lowest BCUT2D eigenvalue weighted by molar-refractivity contribution is 0.0606. The topological polar surface area (TPSA) is 26.3 Å². The molecule has 0 atom stereocenters. The summed E-state index contributed by atoms with van der Waals surface area (Å²) < 4.78 is 5.83. The van der Waals surface area contributed by atoms with Gasteiger partial charge in [-0.25, -0.2) is 4.79 Å². The average Bonchev–Trinajstić information content (AvgIpc) is 2.79. The molecule has 0 aliphatic rings. The number of carbonyl (C=O) groups excluding carboxylic acids is 1. The van der Waals surface area contributed by atoms with Gasteiger partial charge < -0.3 is 4.74 Å². The molecular weight excluding hydrogens is 232 g/mol. The summed E-state index contributed by atoms with van der Waals surface area (Å²) in [5.74, 6) is -0.268. The zero-order chi connectivity index (χ0) is 12.4. The highest BCUT2D eigenvalue weighted by molar-refractivity contribution is 7.20. The summed E-state index contributed by atoms with van der Waals surface area (Å²) in [6, 6.07) is 8.12. The summed E-state index contributed by atoms with van der Waals surface area (Å²) in [7, 11) is 1.40. The molecule has 88 valence electrons. The zero-order valence-electron chi connectivity index (χ0n) is 10.1. The average molecular weight is 246 g/mol. The molecule has 0 radical (unpaired) electrons. The molecule has 0 spiro atoms. The number of benzene rings is 1. The van der Waals surface area contributed by atoms with Gasteiger partial charge in [-0.1, -0.05) is 12.1 Å². The number of methoxy groups -OCH3 is 1. The van der Waals surface area contributed by atoms with Crippen LogP contribution in [0.1, 0.15) is 29.1 Å². The van der Waals surface area contributed by atoms with Crippen LogP contribution < -0.4 is 0 Å². The molecule has 0 N–H and O–H groups in total. The minimum absolute atomic E-state index is 0.268. The van der Waals surface area contributed by atoms with Gasteiger partial charge in [-0.15, -0.1) is 11.3 Å². The predicted molar refractivity (Wildman–Crippen MR) is 72.5 cm³/mol. The van der Waals surface area contributed by atoms with E-state index in [9.17, 15) is 4.79 Å². The number of carbonyl (C=O) groups is 1. The molecule has 0 fully saturated rings. The third-order valence-corrected chi connectivity index (χ3v) is 3.89. The van der Waals surface area contributed by atoms with E-state index < -0.39 is 0 Å². The lowest BCUT2D eigenvalue weighted by Crippen LogP contribution is -1.96. The molecule has 0 bridgehead atoms. The SMILES string of the molecule is C/C=C(/C)c1ccc2sc(C(=O)OC)cc2c1. The van der Waals surface area contributed by atoms with Gasteiger partial charge in [0.15, 0.2) is 0 Å². The third kappa shape index (κ3) is 2.24. The van der Waals surface area contributed by atoms with Crippen molar-refractivity contribution in [2.24, 2.45) is 0 Å². The highest BCUT2D eigenvalue weighted by Crippen LogP contribution is 2.28. The second-order valence-corrected chi connectivity index (χ2v) is 4.91. The van der Waals surface area contributed by atoms with Crippen LogP contribution in [0.5, 0.6) is 0 Å². The molecule has 3 heteroatoms. The maximum Gasteiger partial charge on any atom is 0.348 e. The minimum Gasteiger partial charge on any atom is -0.465 e. The maximum atomic E-state index is 11.4. The van der Waals surface area contributed by atoms with Crippen molar-refractivity contribution in [2.75, 3.05) is 7.11 Å². The Kier molecular flexibility index (Phi) is 3.29. The number of allylic oxidation sites excluding steroid dienone is 2. The molecule has 1 aromatic carbocycles. The lowest BCUT2D eigenvalue weighted by Gasteiger charge is -1.99. The van der Waals surface area contributed by atoms with Crippen LogP contribution in [-0.2, 0) is 4.74 Å². The Morgan fingerprint density at radius 3 is 2.76 bits per heavy atom. The van der Waals surface area contributed by atoms with Gasteiger partial charge in [0.2, 0.25) is 0 Å². The van der Waals surface area contributed by atoms with E-state index in [1.165, 1.54) is 29.6 Å². The quantitative estimate of drug-likeness (QED) is 0.745. The third-order valence-electron chi connectivity index (χ3n) is 2.79. The van der Waals surface area contributed by atoms with Crippen LogP contribution in [0.2, 0.25) is 0 Å². The van der Waals surface area contributed by atoms with E-state index in [2.05, 4.69) is 31.2 Å². The van der Waals surface area contributed by atoms with Crippen LogP contribution in [0.15, 0.2) is 30.3 Å². The van der Waals surface area contributed by atoms with Crippen molar-refractivity contribution in [3.05, 3.63) is 40.8 Å². The van der Waals surface area contributed by atoms with E-state index in [1.807, 2.05) is 13.0 Å². The molecule has 0 aliphatic carbocycles. The van der Waals surface area contributed by atoms with Crippen LogP contribution in [-0.4, -0.2) is 13.1 Å².